The second-order valence-electron chi connectivity index (χ2n) is 4.98. The third-order valence-corrected chi connectivity index (χ3v) is 3.72. The number of carboxylic acids is 1. The van der Waals surface area contributed by atoms with Crippen LogP contribution in [0.25, 0.3) is 0 Å². The Hall–Kier alpha value is -1.85. The highest BCUT2D eigenvalue weighted by atomic mass is 16.5. The van der Waals surface area contributed by atoms with E-state index in [1.165, 1.54) is 21.0 Å². The van der Waals surface area contributed by atoms with Crippen LogP contribution >= 0.6 is 0 Å². The number of carboxylic acid groups (broad SMARTS) is 1. The summed E-state index contributed by atoms with van der Waals surface area (Å²) in [6.45, 7) is 3.47. The molecule has 1 aliphatic heterocycles. The van der Waals surface area contributed by atoms with Gasteiger partial charge in [0.2, 0.25) is 5.91 Å². The number of hydrogen-bond donors (Lipinski definition) is 1. The zero-order valence-electron chi connectivity index (χ0n) is 12.1. The molecule has 1 unspecified atom stereocenters. The molecule has 1 N–H and O–H groups in total. The van der Waals surface area contributed by atoms with E-state index in [-0.39, 0.29) is 35.5 Å². The number of piperidine rings is 1. The lowest BCUT2D eigenvalue weighted by Gasteiger charge is -2.35. The molecule has 1 aliphatic rings. The summed E-state index contributed by atoms with van der Waals surface area (Å²) in [6.07, 6.45) is 2.71. The highest BCUT2D eigenvalue weighted by Crippen LogP contribution is 2.22. The molecule has 1 fully saturated rings. The Balaban J connectivity index is 2.90. The van der Waals surface area contributed by atoms with E-state index < -0.39 is 5.97 Å². The van der Waals surface area contributed by atoms with E-state index in [0.29, 0.717) is 6.54 Å². The Morgan fingerprint density at radius 1 is 1.20 bits per heavy atom. The topological polar surface area (TPSA) is 83.9 Å². The van der Waals surface area contributed by atoms with Gasteiger partial charge in [-0.3, -0.25) is 9.59 Å². The predicted molar refractivity (Wildman–Crippen MR) is 72.0 cm³/mol. The van der Waals surface area contributed by atoms with Crippen LogP contribution in [0.2, 0.25) is 0 Å². The molecule has 1 amide bonds. The molecule has 112 valence electrons. The summed E-state index contributed by atoms with van der Waals surface area (Å²) in [5, 5.41) is 8.95. The number of rotatable bonds is 4. The minimum atomic E-state index is -1.10. The van der Waals surface area contributed by atoms with Crippen LogP contribution in [0.5, 0.6) is 0 Å². The van der Waals surface area contributed by atoms with Crippen LogP contribution in [-0.4, -0.2) is 47.5 Å². The lowest BCUT2D eigenvalue weighted by Crippen LogP contribution is -2.45. The fraction of sp³-hybridized carbons (Fsp3) is 0.643. The highest BCUT2D eigenvalue weighted by Gasteiger charge is 2.30. The molecule has 0 radical (unpaired) electrons. The summed E-state index contributed by atoms with van der Waals surface area (Å²) >= 11 is 0. The van der Waals surface area contributed by atoms with Crippen LogP contribution in [0.4, 0.5) is 0 Å². The largest absolute Gasteiger partial charge is 0.478 e. The van der Waals surface area contributed by atoms with E-state index in [0.717, 1.165) is 19.3 Å². The summed E-state index contributed by atoms with van der Waals surface area (Å²) in [7, 11) is 1.32. The molecule has 6 nitrogen and oxygen atoms in total. The lowest BCUT2D eigenvalue weighted by molar-refractivity contribution is -0.144. The predicted octanol–water partition coefficient (Wildman–Crippen LogP) is 1.35. The van der Waals surface area contributed by atoms with Crippen molar-refractivity contribution in [3.63, 3.8) is 0 Å². The van der Waals surface area contributed by atoms with Gasteiger partial charge >= 0.3 is 11.9 Å². The lowest BCUT2D eigenvalue weighted by atomic mass is 9.97. The van der Waals surface area contributed by atoms with E-state index in [1.54, 1.807) is 4.90 Å². The van der Waals surface area contributed by atoms with Gasteiger partial charge in [-0.25, -0.2) is 4.79 Å². The molecule has 0 bridgehead atoms. The molecule has 1 atom stereocenters. The number of carbonyl (C=O) groups excluding carboxylic acids is 2. The number of carbonyl (C=O) groups is 3. The molecular weight excluding hydrogens is 262 g/mol. The van der Waals surface area contributed by atoms with Crippen molar-refractivity contribution in [3.05, 3.63) is 11.1 Å². The van der Waals surface area contributed by atoms with Crippen molar-refractivity contribution in [2.75, 3.05) is 13.7 Å². The average Bonchev–Trinajstić information content (AvgIpc) is 2.45. The fourth-order valence-electron chi connectivity index (χ4n) is 2.29. The van der Waals surface area contributed by atoms with Crippen LogP contribution < -0.4 is 0 Å². The normalized spacial score (nSPS) is 20.1. The second kappa shape index (κ2) is 7.07. The van der Waals surface area contributed by atoms with Crippen molar-refractivity contribution < 1.29 is 24.2 Å². The maximum Gasteiger partial charge on any atom is 0.331 e. The molecule has 0 aliphatic carbocycles. The fourth-order valence-corrected chi connectivity index (χ4v) is 2.29. The van der Waals surface area contributed by atoms with Gasteiger partial charge in [0, 0.05) is 23.7 Å². The van der Waals surface area contributed by atoms with Crippen LogP contribution in [-0.2, 0) is 19.1 Å². The van der Waals surface area contributed by atoms with Crippen LogP contribution in [0.3, 0.4) is 0 Å². The number of aliphatic carboxylic acids is 1. The van der Waals surface area contributed by atoms with Crippen molar-refractivity contribution in [2.45, 2.75) is 45.6 Å². The zero-order chi connectivity index (χ0) is 15.3. The number of nitrogens with zero attached hydrogens (tertiary/aromatic N) is 1. The second-order valence-corrected chi connectivity index (χ2v) is 4.98. The number of hydrogen-bond acceptors (Lipinski definition) is 4. The van der Waals surface area contributed by atoms with E-state index >= 15 is 0 Å². The summed E-state index contributed by atoms with van der Waals surface area (Å²) < 4.78 is 4.64. The smallest absolute Gasteiger partial charge is 0.331 e. The number of ether oxygens (including phenoxy) is 1. The molecule has 0 spiro atoms. The number of methoxy groups -OCH3 is 1. The molecule has 1 rings (SSSR count). The van der Waals surface area contributed by atoms with Gasteiger partial charge < -0.3 is 14.7 Å². The minimum Gasteiger partial charge on any atom is -0.478 e. The van der Waals surface area contributed by atoms with Crippen molar-refractivity contribution in [1.29, 1.82) is 0 Å². The summed E-state index contributed by atoms with van der Waals surface area (Å²) in [6, 6.07) is -0.208. The zero-order valence-corrected chi connectivity index (χ0v) is 12.1. The quantitative estimate of drug-likeness (QED) is 0.622. The van der Waals surface area contributed by atoms with Gasteiger partial charge in [0.25, 0.3) is 0 Å². The Morgan fingerprint density at radius 2 is 1.85 bits per heavy atom. The molecule has 0 aromatic rings. The molecule has 0 aromatic heterocycles. The van der Waals surface area contributed by atoms with Crippen molar-refractivity contribution in [2.24, 2.45) is 0 Å². The summed E-state index contributed by atoms with van der Waals surface area (Å²) in [5.74, 6) is -1.76. The molecule has 6 heteroatoms. The van der Waals surface area contributed by atoms with E-state index in [9.17, 15) is 14.4 Å². The first kappa shape index (κ1) is 16.2. The third-order valence-electron chi connectivity index (χ3n) is 3.72. The molecule has 0 saturated carbocycles. The summed E-state index contributed by atoms with van der Waals surface area (Å²) in [4.78, 5) is 36.3. The van der Waals surface area contributed by atoms with Crippen molar-refractivity contribution in [3.8, 4) is 0 Å². The summed E-state index contributed by atoms with van der Waals surface area (Å²) in [5.41, 5.74) is 0.256. The van der Waals surface area contributed by atoms with Crippen LogP contribution in [0.1, 0.15) is 39.5 Å². The van der Waals surface area contributed by atoms with Gasteiger partial charge in [-0.1, -0.05) is 0 Å². The average molecular weight is 283 g/mol. The van der Waals surface area contributed by atoms with Crippen molar-refractivity contribution >= 4 is 17.8 Å². The maximum absolute atomic E-state index is 12.4. The van der Waals surface area contributed by atoms with E-state index in [1.807, 2.05) is 0 Å². The van der Waals surface area contributed by atoms with E-state index in [4.69, 9.17) is 5.11 Å². The van der Waals surface area contributed by atoms with E-state index in [2.05, 4.69) is 4.74 Å². The molecular formula is C14H21NO5. The van der Waals surface area contributed by atoms with Gasteiger partial charge in [0.05, 0.1) is 13.5 Å². The first-order chi connectivity index (χ1) is 9.38. The third kappa shape index (κ3) is 3.82. The highest BCUT2D eigenvalue weighted by molar-refractivity contribution is 6.01. The molecule has 1 saturated heterocycles. The number of likely N-dealkylation sites (tertiary alicyclic amines) is 1. The number of amides is 1. The molecule has 20 heavy (non-hydrogen) atoms. The molecule has 0 aromatic carbocycles. The van der Waals surface area contributed by atoms with Gasteiger partial charge in [-0.15, -0.1) is 0 Å². The standard InChI is InChI=1S/C14H21NO5/c1-9(10(2)14(18)19)13(17)15-7-5-4-6-11(15)8-12(16)20-3/h11H,4-8H2,1-3H3,(H,18,19). The SMILES string of the molecule is COC(=O)CC1CCCCN1C(=O)C(C)=C(C)C(=O)O. The van der Waals surface area contributed by atoms with Gasteiger partial charge in [-0.05, 0) is 33.1 Å². The maximum atomic E-state index is 12.4. The Bertz CT molecular complexity index is 441. The van der Waals surface area contributed by atoms with Gasteiger partial charge in [-0.2, -0.15) is 0 Å². The van der Waals surface area contributed by atoms with Crippen LogP contribution in [0, 0.1) is 0 Å². The van der Waals surface area contributed by atoms with Gasteiger partial charge in [0.1, 0.15) is 0 Å². The number of esters is 1. The Morgan fingerprint density at radius 3 is 2.40 bits per heavy atom. The first-order valence-corrected chi connectivity index (χ1v) is 6.67. The monoisotopic (exact) mass is 283 g/mol. The minimum absolute atomic E-state index is 0.0393. The first-order valence-electron chi connectivity index (χ1n) is 6.67. The molecule has 1 heterocycles. The van der Waals surface area contributed by atoms with Crippen LogP contribution in [0.15, 0.2) is 11.1 Å². The van der Waals surface area contributed by atoms with Crippen molar-refractivity contribution in [1.82, 2.24) is 4.90 Å². The Kier molecular flexibility index (Phi) is 5.73. The Labute approximate surface area is 118 Å². The van der Waals surface area contributed by atoms with Gasteiger partial charge in [0.15, 0.2) is 0 Å².